The molecule has 0 aromatic rings. The Balaban J connectivity index is 1.19. The molecular formula is C49H76O14. The molecule has 0 saturated carbocycles. The van der Waals surface area contributed by atoms with E-state index >= 15 is 0 Å². The molecule has 6 heterocycles. The smallest absolute Gasteiger partial charge is 0.316 e. The molecule has 356 valence electrons. The Labute approximate surface area is 374 Å². The zero-order valence-electron chi connectivity index (χ0n) is 39.4. The van der Waals surface area contributed by atoms with Crippen LogP contribution in [0.25, 0.3) is 0 Å². The molecule has 63 heavy (non-hydrogen) atoms. The Bertz CT molecular complexity index is 1690. The molecule has 7 aliphatic rings. The molecule has 0 radical (unpaired) electrons. The Hall–Kier alpha value is -2.05. The number of esters is 1. The van der Waals surface area contributed by atoms with Crippen LogP contribution in [-0.4, -0.2) is 141 Å². The lowest BCUT2D eigenvalue weighted by molar-refractivity contribution is -0.340. The summed E-state index contributed by atoms with van der Waals surface area (Å²) >= 11 is 0. The topological polar surface area (TPSA) is 159 Å². The van der Waals surface area contributed by atoms with E-state index < -0.39 is 90.8 Å². The number of methoxy groups -OCH3 is 3. The number of fused-ring (bicyclic) bond motifs is 2. The van der Waals surface area contributed by atoms with Gasteiger partial charge in [0.05, 0.1) is 49.3 Å². The van der Waals surface area contributed by atoms with Crippen molar-refractivity contribution in [3.05, 3.63) is 47.1 Å². The average Bonchev–Trinajstić information content (AvgIpc) is 3.64. The molecule has 1 spiro atoms. The molecule has 0 aromatic heterocycles. The van der Waals surface area contributed by atoms with Crippen LogP contribution in [0.4, 0.5) is 0 Å². The molecule has 20 unspecified atom stereocenters. The fourth-order valence-corrected chi connectivity index (χ4v) is 11.3. The molecule has 20 atom stereocenters. The standard InChI is InChI=1S/C49H76O14/c1-12-26(2)44-29(5)18-19-48(63-44)24-35-21-34(62-48)17-16-28(4)43(60-40-23-38(54-10)45(32(8)58-40)61-39-22-37(53-9)42(51)31(7)57-39)27(3)14-13-15-33-25-56-46-41(50)30(6)20-36(47(52)59-35)49(33,46)55-11/h13-16,20,26-27,29,31-32,34-46,50-51H,12,17-19,21-25H2,1-11H3. The highest BCUT2D eigenvalue weighted by Gasteiger charge is 2.61. The predicted molar refractivity (Wildman–Crippen MR) is 232 cm³/mol. The Morgan fingerprint density at radius 3 is 2.33 bits per heavy atom. The highest BCUT2D eigenvalue weighted by Crippen LogP contribution is 2.49. The summed E-state index contributed by atoms with van der Waals surface area (Å²) in [6.07, 6.45) is 7.83. The summed E-state index contributed by atoms with van der Waals surface area (Å²) in [4.78, 5) is 14.6. The molecule has 5 fully saturated rings. The first-order chi connectivity index (χ1) is 30.1. The van der Waals surface area contributed by atoms with E-state index in [-0.39, 0.29) is 30.8 Å². The first-order valence-electron chi connectivity index (χ1n) is 23.6. The van der Waals surface area contributed by atoms with Crippen LogP contribution in [0, 0.1) is 23.7 Å². The van der Waals surface area contributed by atoms with Gasteiger partial charge in [-0.3, -0.25) is 4.79 Å². The Kier molecular flexibility index (Phi) is 15.9. The number of allylic oxidation sites excluding steroid dienone is 2. The molecule has 0 aromatic carbocycles. The summed E-state index contributed by atoms with van der Waals surface area (Å²) in [6.45, 7) is 16.6. The van der Waals surface area contributed by atoms with Gasteiger partial charge in [0.2, 0.25) is 0 Å². The minimum absolute atomic E-state index is 0.0124. The summed E-state index contributed by atoms with van der Waals surface area (Å²) in [7, 11) is 4.82. The predicted octanol–water partition coefficient (Wildman–Crippen LogP) is 6.26. The van der Waals surface area contributed by atoms with Gasteiger partial charge in [0.25, 0.3) is 0 Å². The fourth-order valence-electron chi connectivity index (χ4n) is 11.3. The van der Waals surface area contributed by atoms with Gasteiger partial charge in [-0.2, -0.15) is 0 Å². The minimum Gasteiger partial charge on any atom is -0.462 e. The van der Waals surface area contributed by atoms with Crippen molar-refractivity contribution in [3.63, 3.8) is 0 Å². The van der Waals surface area contributed by atoms with Crippen LogP contribution >= 0.6 is 0 Å². The third kappa shape index (κ3) is 9.99. The van der Waals surface area contributed by atoms with Gasteiger partial charge < -0.3 is 62.3 Å². The van der Waals surface area contributed by atoms with E-state index in [1.807, 2.05) is 32.9 Å². The number of rotatable bonds is 9. The first-order valence-corrected chi connectivity index (χ1v) is 23.6. The molecule has 6 aliphatic heterocycles. The molecule has 7 rings (SSSR count). The maximum Gasteiger partial charge on any atom is 0.316 e. The summed E-state index contributed by atoms with van der Waals surface area (Å²) in [5.74, 6) is -1.62. The number of aliphatic hydroxyl groups excluding tert-OH is 2. The number of hydrogen-bond acceptors (Lipinski definition) is 14. The molecule has 1 aliphatic carbocycles. The van der Waals surface area contributed by atoms with Gasteiger partial charge in [-0.15, -0.1) is 0 Å². The third-order valence-electron chi connectivity index (χ3n) is 15.2. The molecule has 2 N–H and O–H groups in total. The minimum atomic E-state index is -1.28. The van der Waals surface area contributed by atoms with Gasteiger partial charge in [-0.25, -0.2) is 0 Å². The van der Waals surface area contributed by atoms with Crippen LogP contribution in [-0.2, 0) is 56.9 Å². The lowest BCUT2D eigenvalue weighted by Crippen LogP contribution is -2.59. The van der Waals surface area contributed by atoms with E-state index in [1.54, 1.807) is 27.4 Å². The lowest BCUT2D eigenvalue weighted by Gasteiger charge is -2.51. The van der Waals surface area contributed by atoms with Gasteiger partial charge in [0, 0.05) is 59.4 Å². The highest BCUT2D eigenvalue weighted by atomic mass is 16.7. The second kappa shape index (κ2) is 20.4. The van der Waals surface area contributed by atoms with Crippen LogP contribution in [0.3, 0.4) is 0 Å². The van der Waals surface area contributed by atoms with Crippen molar-refractivity contribution in [3.8, 4) is 0 Å². The summed E-state index contributed by atoms with van der Waals surface area (Å²) in [6, 6.07) is 0. The molecule has 0 amide bonds. The van der Waals surface area contributed by atoms with Crippen molar-refractivity contribution < 1.29 is 67.1 Å². The Morgan fingerprint density at radius 2 is 1.62 bits per heavy atom. The quantitative estimate of drug-likeness (QED) is 0.198. The SMILES string of the molecule is CCC(C)C1OC2(CCC1C)CC1CC(CC=C(C)C(OC3CC(OC)C(OC4CC(OC)C(O)C(C)O4)C(C)O3)C(C)C=CC=C3COC4C(O)C(C)=CC(C(=O)O1)C34OC)O2. The van der Waals surface area contributed by atoms with Gasteiger partial charge in [-0.1, -0.05) is 64.5 Å². The van der Waals surface area contributed by atoms with E-state index in [1.165, 1.54) is 0 Å². The second-order valence-electron chi connectivity index (χ2n) is 19.5. The summed E-state index contributed by atoms with van der Waals surface area (Å²) in [5, 5.41) is 22.0. The number of hydrogen-bond donors (Lipinski definition) is 2. The molecule has 14 nitrogen and oxygen atoms in total. The van der Waals surface area contributed by atoms with Crippen LogP contribution < -0.4 is 0 Å². The van der Waals surface area contributed by atoms with Crippen molar-refractivity contribution in [1.29, 1.82) is 0 Å². The van der Waals surface area contributed by atoms with Gasteiger partial charge in [0.15, 0.2) is 18.4 Å². The maximum atomic E-state index is 14.6. The zero-order valence-corrected chi connectivity index (χ0v) is 39.4. The Morgan fingerprint density at radius 1 is 0.905 bits per heavy atom. The van der Waals surface area contributed by atoms with Crippen molar-refractivity contribution in [2.45, 2.75) is 204 Å². The molecular weight excluding hydrogens is 813 g/mol. The van der Waals surface area contributed by atoms with Crippen molar-refractivity contribution in [1.82, 2.24) is 0 Å². The number of aliphatic hydroxyl groups is 2. The van der Waals surface area contributed by atoms with Crippen LogP contribution in [0.2, 0.25) is 0 Å². The normalized spacial score (nSPS) is 46.7. The van der Waals surface area contributed by atoms with Crippen molar-refractivity contribution >= 4 is 5.97 Å². The molecule has 2 bridgehead atoms. The number of carbonyl (C=O) groups is 1. The third-order valence-corrected chi connectivity index (χ3v) is 15.2. The second-order valence-corrected chi connectivity index (χ2v) is 19.5. The van der Waals surface area contributed by atoms with Crippen LogP contribution in [0.1, 0.15) is 107 Å². The van der Waals surface area contributed by atoms with Crippen LogP contribution in [0.15, 0.2) is 47.1 Å². The molecule has 14 heteroatoms. The largest absolute Gasteiger partial charge is 0.462 e. The first kappa shape index (κ1) is 48.9. The molecule has 5 saturated heterocycles. The highest BCUT2D eigenvalue weighted by molar-refractivity contribution is 5.78. The number of ether oxygens (including phenoxy) is 11. The van der Waals surface area contributed by atoms with E-state index in [0.29, 0.717) is 55.9 Å². The number of carbonyl (C=O) groups excluding carboxylic acids is 1. The van der Waals surface area contributed by atoms with E-state index in [9.17, 15) is 15.0 Å². The van der Waals surface area contributed by atoms with E-state index in [0.717, 1.165) is 24.0 Å². The maximum absolute atomic E-state index is 14.6. The van der Waals surface area contributed by atoms with E-state index in [2.05, 4.69) is 46.8 Å². The van der Waals surface area contributed by atoms with Crippen molar-refractivity contribution in [2.75, 3.05) is 27.9 Å². The van der Waals surface area contributed by atoms with Gasteiger partial charge in [0.1, 0.15) is 42.0 Å². The summed E-state index contributed by atoms with van der Waals surface area (Å²) in [5.41, 5.74) is 1.10. The average molecular weight is 889 g/mol. The van der Waals surface area contributed by atoms with Gasteiger partial charge >= 0.3 is 5.97 Å². The van der Waals surface area contributed by atoms with Gasteiger partial charge in [-0.05, 0) is 69.1 Å². The zero-order chi connectivity index (χ0) is 45.4. The van der Waals surface area contributed by atoms with Crippen LogP contribution in [0.5, 0.6) is 0 Å². The fraction of sp³-hybridized carbons (Fsp3) is 0.816. The summed E-state index contributed by atoms with van der Waals surface area (Å²) < 4.78 is 70.9. The van der Waals surface area contributed by atoms with Crippen molar-refractivity contribution in [2.24, 2.45) is 23.7 Å². The monoisotopic (exact) mass is 889 g/mol. The lowest BCUT2D eigenvalue weighted by atomic mass is 9.70. The van der Waals surface area contributed by atoms with E-state index in [4.69, 9.17) is 52.1 Å².